The van der Waals surface area contributed by atoms with Crippen LogP contribution in [0.3, 0.4) is 0 Å². The number of methoxy groups -OCH3 is 1. The minimum absolute atomic E-state index is 0.0584. The third kappa shape index (κ3) is 1.71. The van der Waals surface area contributed by atoms with E-state index >= 15 is 0 Å². The second-order valence-electron chi connectivity index (χ2n) is 4.05. The summed E-state index contributed by atoms with van der Waals surface area (Å²) in [6.45, 7) is 2.05. The number of thiazole rings is 1. The summed E-state index contributed by atoms with van der Waals surface area (Å²) in [5, 5.41) is 3.29. The summed E-state index contributed by atoms with van der Waals surface area (Å²) >= 11 is 1.74. The smallest absolute Gasteiger partial charge is 0.125 e. The predicted octanol–water partition coefficient (Wildman–Crippen LogP) is 3.26. The van der Waals surface area contributed by atoms with Crippen molar-refractivity contribution in [3.63, 3.8) is 0 Å². The van der Waals surface area contributed by atoms with Gasteiger partial charge in [-0.3, -0.25) is 0 Å². The maximum absolute atomic E-state index is 5.73. The molecule has 1 aliphatic rings. The lowest BCUT2D eigenvalue weighted by molar-refractivity contribution is -0.0446. The average Bonchev–Trinajstić information content (AvgIpc) is 2.66. The lowest BCUT2D eigenvalue weighted by Crippen LogP contribution is -2.30. The molecular weight excluding hydrogens is 194 g/mol. The number of aromatic nitrogens is 1. The van der Waals surface area contributed by atoms with Gasteiger partial charge in [0.1, 0.15) is 10.6 Å². The molecule has 0 spiro atoms. The quantitative estimate of drug-likeness (QED) is 0.749. The first-order valence-corrected chi connectivity index (χ1v) is 6.12. The topological polar surface area (TPSA) is 22.1 Å². The number of ether oxygens (including phenoxy) is 1. The van der Waals surface area contributed by atoms with E-state index in [-0.39, 0.29) is 5.60 Å². The van der Waals surface area contributed by atoms with E-state index < -0.39 is 0 Å². The maximum Gasteiger partial charge on any atom is 0.125 e. The molecule has 0 aliphatic heterocycles. The van der Waals surface area contributed by atoms with E-state index in [4.69, 9.17) is 4.74 Å². The second-order valence-corrected chi connectivity index (χ2v) is 4.91. The lowest BCUT2D eigenvalue weighted by atomic mass is 9.85. The highest BCUT2D eigenvalue weighted by atomic mass is 32.1. The summed E-state index contributed by atoms with van der Waals surface area (Å²) in [4.78, 5) is 4.57. The van der Waals surface area contributed by atoms with Gasteiger partial charge in [-0.2, -0.15) is 0 Å². The molecule has 2 rings (SSSR count). The Morgan fingerprint density at radius 2 is 2.07 bits per heavy atom. The molecule has 0 atom stereocenters. The molecule has 1 aromatic rings. The molecule has 1 aromatic heterocycles. The van der Waals surface area contributed by atoms with Gasteiger partial charge in [-0.15, -0.1) is 11.3 Å². The monoisotopic (exact) mass is 211 g/mol. The number of hydrogen-bond acceptors (Lipinski definition) is 3. The van der Waals surface area contributed by atoms with E-state index in [0.717, 1.165) is 18.5 Å². The zero-order valence-corrected chi connectivity index (χ0v) is 9.69. The average molecular weight is 211 g/mol. The Morgan fingerprint density at radius 1 is 1.36 bits per heavy atom. The van der Waals surface area contributed by atoms with Crippen LogP contribution in [0.15, 0.2) is 5.38 Å². The predicted molar refractivity (Wildman–Crippen MR) is 58.6 cm³/mol. The third-order valence-electron chi connectivity index (χ3n) is 3.06. The van der Waals surface area contributed by atoms with Crippen LogP contribution in [-0.4, -0.2) is 12.1 Å². The van der Waals surface area contributed by atoms with Crippen molar-refractivity contribution in [3.8, 4) is 0 Å². The molecule has 1 saturated carbocycles. The van der Waals surface area contributed by atoms with Gasteiger partial charge in [-0.1, -0.05) is 19.3 Å². The van der Waals surface area contributed by atoms with Crippen molar-refractivity contribution >= 4 is 11.3 Å². The third-order valence-corrected chi connectivity index (χ3v) is 4.21. The highest BCUT2D eigenvalue weighted by Crippen LogP contribution is 2.41. The minimum atomic E-state index is -0.0584. The second kappa shape index (κ2) is 3.99. The molecule has 14 heavy (non-hydrogen) atoms. The lowest BCUT2D eigenvalue weighted by Gasteiger charge is -2.34. The van der Waals surface area contributed by atoms with Gasteiger partial charge in [0, 0.05) is 18.2 Å². The van der Waals surface area contributed by atoms with E-state index in [1.54, 1.807) is 11.3 Å². The highest BCUT2D eigenvalue weighted by Gasteiger charge is 2.36. The van der Waals surface area contributed by atoms with Crippen LogP contribution >= 0.6 is 11.3 Å². The zero-order chi connectivity index (χ0) is 10.0. The molecule has 0 amide bonds. The molecule has 1 heterocycles. The number of nitrogens with zero attached hydrogens (tertiary/aromatic N) is 1. The SMILES string of the molecule is COC1(c2nc(C)cs2)CCCCC1. The van der Waals surface area contributed by atoms with Gasteiger partial charge in [0.2, 0.25) is 0 Å². The summed E-state index contributed by atoms with van der Waals surface area (Å²) < 4.78 is 5.73. The zero-order valence-electron chi connectivity index (χ0n) is 8.88. The Morgan fingerprint density at radius 3 is 2.57 bits per heavy atom. The summed E-state index contributed by atoms with van der Waals surface area (Å²) in [6, 6.07) is 0. The molecule has 1 fully saturated rings. The van der Waals surface area contributed by atoms with E-state index in [2.05, 4.69) is 10.4 Å². The Kier molecular flexibility index (Phi) is 2.88. The normalized spacial score (nSPS) is 21.0. The van der Waals surface area contributed by atoms with Crippen molar-refractivity contribution in [2.24, 2.45) is 0 Å². The maximum atomic E-state index is 5.73. The molecule has 0 aromatic carbocycles. The van der Waals surface area contributed by atoms with E-state index in [1.807, 2.05) is 14.0 Å². The molecule has 0 radical (unpaired) electrons. The van der Waals surface area contributed by atoms with E-state index in [1.165, 1.54) is 24.3 Å². The van der Waals surface area contributed by atoms with E-state index in [9.17, 15) is 0 Å². The fourth-order valence-electron chi connectivity index (χ4n) is 2.19. The van der Waals surface area contributed by atoms with Gasteiger partial charge in [0.25, 0.3) is 0 Å². The van der Waals surface area contributed by atoms with Gasteiger partial charge in [-0.05, 0) is 19.8 Å². The van der Waals surface area contributed by atoms with Crippen LogP contribution in [0, 0.1) is 6.92 Å². The summed E-state index contributed by atoms with van der Waals surface area (Å²) in [6.07, 6.45) is 6.15. The van der Waals surface area contributed by atoms with Gasteiger partial charge < -0.3 is 4.74 Å². The fourth-order valence-corrected chi connectivity index (χ4v) is 3.23. The first-order chi connectivity index (χ1) is 6.77. The van der Waals surface area contributed by atoms with Crippen molar-refractivity contribution in [3.05, 3.63) is 16.1 Å². The number of aryl methyl sites for hydroxylation is 1. The van der Waals surface area contributed by atoms with Crippen molar-refractivity contribution in [1.29, 1.82) is 0 Å². The molecule has 2 nitrogen and oxygen atoms in total. The Labute approximate surface area is 89.3 Å². The molecule has 0 saturated heterocycles. The molecular formula is C11H17NOS. The molecule has 3 heteroatoms. The Balaban J connectivity index is 2.26. The number of hydrogen-bond donors (Lipinski definition) is 0. The first-order valence-electron chi connectivity index (χ1n) is 5.25. The van der Waals surface area contributed by atoms with Crippen LogP contribution < -0.4 is 0 Å². The fraction of sp³-hybridized carbons (Fsp3) is 0.727. The van der Waals surface area contributed by atoms with Crippen molar-refractivity contribution in [2.75, 3.05) is 7.11 Å². The summed E-state index contributed by atoms with van der Waals surface area (Å²) in [7, 11) is 1.82. The minimum Gasteiger partial charge on any atom is -0.371 e. The molecule has 1 aliphatic carbocycles. The van der Waals surface area contributed by atoms with Gasteiger partial charge in [0.05, 0.1) is 0 Å². The number of rotatable bonds is 2. The van der Waals surface area contributed by atoms with Crippen LogP contribution in [0.5, 0.6) is 0 Å². The Hall–Kier alpha value is -0.410. The van der Waals surface area contributed by atoms with Crippen LogP contribution in [0.4, 0.5) is 0 Å². The highest BCUT2D eigenvalue weighted by molar-refractivity contribution is 7.09. The first kappa shape index (κ1) is 10.1. The van der Waals surface area contributed by atoms with E-state index in [0.29, 0.717) is 0 Å². The van der Waals surface area contributed by atoms with Crippen molar-refractivity contribution < 1.29 is 4.74 Å². The molecule has 0 bridgehead atoms. The van der Waals surface area contributed by atoms with Gasteiger partial charge >= 0.3 is 0 Å². The van der Waals surface area contributed by atoms with Crippen LogP contribution in [0.1, 0.15) is 42.8 Å². The Bertz CT molecular complexity index is 302. The summed E-state index contributed by atoms with van der Waals surface area (Å²) in [5.74, 6) is 0. The van der Waals surface area contributed by atoms with Crippen LogP contribution in [0.25, 0.3) is 0 Å². The molecule has 0 unspecified atom stereocenters. The summed E-state index contributed by atoms with van der Waals surface area (Å²) in [5.41, 5.74) is 1.06. The van der Waals surface area contributed by atoms with Crippen LogP contribution in [0.2, 0.25) is 0 Å². The largest absolute Gasteiger partial charge is 0.371 e. The van der Waals surface area contributed by atoms with Crippen molar-refractivity contribution in [1.82, 2.24) is 4.98 Å². The van der Waals surface area contributed by atoms with Crippen LogP contribution in [-0.2, 0) is 10.3 Å². The molecule has 0 N–H and O–H groups in total. The van der Waals surface area contributed by atoms with Gasteiger partial charge in [-0.25, -0.2) is 4.98 Å². The molecule has 78 valence electrons. The standard InChI is InChI=1S/C11H17NOS/c1-9-8-14-10(12-9)11(13-2)6-4-3-5-7-11/h8H,3-7H2,1-2H3. The van der Waals surface area contributed by atoms with Crippen molar-refractivity contribution in [2.45, 2.75) is 44.6 Å². The van der Waals surface area contributed by atoms with Gasteiger partial charge in [0.15, 0.2) is 0 Å².